The van der Waals surface area contributed by atoms with Gasteiger partial charge < -0.3 is 10.1 Å². The molecule has 1 N–H and O–H groups in total. The number of carbonyl (C=O) groups is 1. The molecule has 1 amide bonds. The van der Waals surface area contributed by atoms with E-state index in [-0.39, 0.29) is 17.7 Å². The molecule has 162 valence electrons. The van der Waals surface area contributed by atoms with Crippen molar-refractivity contribution in [3.8, 4) is 23.1 Å². The zero-order valence-electron chi connectivity index (χ0n) is 17.7. The number of anilines is 1. The van der Waals surface area contributed by atoms with Crippen molar-refractivity contribution in [3.05, 3.63) is 54.3 Å². The van der Waals surface area contributed by atoms with E-state index in [9.17, 15) is 9.18 Å². The topological polar surface area (TPSA) is 69.0 Å². The van der Waals surface area contributed by atoms with Gasteiger partial charge in [-0.1, -0.05) is 37.8 Å². The maximum Gasteiger partial charge on any atom is 0.336 e. The summed E-state index contributed by atoms with van der Waals surface area (Å²) in [5.41, 5.74) is 1.75. The predicted molar refractivity (Wildman–Crippen MR) is 118 cm³/mol. The summed E-state index contributed by atoms with van der Waals surface area (Å²) in [5, 5.41) is 7.34. The summed E-state index contributed by atoms with van der Waals surface area (Å²) in [5.74, 6) is 0.697. The third-order valence-electron chi connectivity index (χ3n) is 5.63. The van der Waals surface area contributed by atoms with Crippen molar-refractivity contribution in [1.29, 1.82) is 0 Å². The lowest BCUT2D eigenvalue weighted by atomic mass is 10.0. The highest BCUT2D eigenvalue weighted by molar-refractivity contribution is 5.90. The van der Waals surface area contributed by atoms with E-state index in [0.717, 1.165) is 12.1 Å². The predicted octanol–water partition coefficient (Wildman–Crippen LogP) is 5.38. The molecule has 0 aliphatic heterocycles. The van der Waals surface area contributed by atoms with E-state index < -0.39 is 0 Å². The quantitative estimate of drug-likeness (QED) is 0.529. The minimum atomic E-state index is -0.384. The molecule has 2 aromatic carbocycles. The van der Waals surface area contributed by atoms with Gasteiger partial charge in [-0.3, -0.25) is 4.79 Å². The lowest BCUT2D eigenvalue weighted by Gasteiger charge is -2.10. The Morgan fingerprint density at radius 2 is 1.90 bits per heavy atom. The largest absolute Gasteiger partial charge is 0.463 e. The average molecular weight is 423 g/mol. The second kappa shape index (κ2) is 9.73. The molecule has 0 spiro atoms. The van der Waals surface area contributed by atoms with Crippen LogP contribution in [0, 0.1) is 11.7 Å². The number of ether oxygens (including phenoxy) is 1. The summed E-state index contributed by atoms with van der Waals surface area (Å²) in [6.07, 6.45) is 6.56. The first kappa shape index (κ1) is 21.0. The number of benzene rings is 2. The number of amides is 1. The number of nitrogens with one attached hydrogen (secondary N) is 1. The Morgan fingerprint density at radius 3 is 2.61 bits per heavy atom. The van der Waals surface area contributed by atoms with Crippen molar-refractivity contribution in [2.24, 2.45) is 5.92 Å². The Hall–Kier alpha value is -3.22. The van der Waals surface area contributed by atoms with Gasteiger partial charge in [0, 0.05) is 12.1 Å². The van der Waals surface area contributed by atoms with E-state index in [1.54, 1.807) is 22.9 Å². The maximum absolute atomic E-state index is 14.4. The zero-order valence-corrected chi connectivity index (χ0v) is 17.7. The summed E-state index contributed by atoms with van der Waals surface area (Å²) in [6.45, 7) is 2.25. The lowest BCUT2D eigenvalue weighted by molar-refractivity contribution is -0.116. The molecule has 1 heterocycles. The van der Waals surface area contributed by atoms with Crippen LogP contribution in [0.3, 0.4) is 0 Å². The highest BCUT2D eigenvalue weighted by atomic mass is 19.1. The van der Waals surface area contributed by atoms with Gasteiger partial charge in [-0.05, 0) is 55.7 Å². The fourth-order valence-electron chi connectivity index (χ4n) is 4.02. The molecule has 3 aromatic rings. The van der Waals surface area contributed by atoms with Crippen LogP contribution in [0.25, 0.3) is 17.1 Å². The summed E-state index contributed by atoms with van der Waals surface area (Å²) >= 11 is 0. The van der Waals surface area contributed by atoms with Gasteiger partial charge in [-0.25, -0.2) is 9.07 Å². The molecule has 1 saturated carbocycles. The summed E-state index contributed by atoms with van der Waals surface area (Å²) < 4.78 is 21.4. The zero-order chi connectivity index (χ0) is 21.6. The second-order valence-electron chi connectivity index (χ2n) is 7.83. The van der Waals surface area contributed by atoms with Crippen molar-refractivity contribution >= 4 is 11.6 Å². The van der Waals surface area contributed by atoms with E-state index in [0.29, 0.717) is 36.0 Å². The van der Waals surface area contributed by atoms with Gasteiger partial charge in [0.05, 0.1) is 17.9 Å². The molecule has 7 heteroatoms. The van der Waals surface area contributed by atoms with E-state index >= 15 is 0 Å². The van der Waals surface area contributed by atoms with Crippen molar-refractivity contribution < 1.29 is 13.9 Å². The Morgan fingerprint density at radius 1 is 1.16 bits per heavy atom. The Bertz CT molecular complexity index is 1030. The number of hydrogen-bond acceptors (Lipinski definition) is 4. The monoisotopic (exact) mass is 422 g/mol. The lowest BCUT2D eigenvalue weighted by Crippen LogP contribution is -2.12. The van der Waals surface area contributed by atoms with Gasteiger partial charge in [0.2, 0.25) is 5.91 Å². The van der Waals surface area contributed by atoms with Crippen molar-refractivity contribution in [2.45, 2.75) is 45.4 Å². The number of hydrogen-bond donors (Lipinski definition) is 1. The molecule has 1 aromatic heterocycles. The first-order valence-electron chi connectivity index (χ1n) is 10.9. The second-order valence-corrected chi connectivity index (χ2v) is 7.83. The molecule has 0 unspecified atom stereocenters. The molecule has 0 atom stereocenters. The van der Waals surface area contributed by atoms with Crippen molar-refractivity contribution in [1.82, 2.24) is 14.8 Å². The van der Waals surface area contributed by atoms with Crippen LogP contribution in [0.15, 0.2) is 48.5 Å². The fourth-order valence-corrected chi connectivity index (χ4v) is 4.02. The van der Waals surface area contributed by atoms with Gasteiger partial charge in [0.15, 0.2) is 5.82 Å². The number of carbonyl (C=O) groups excluding carboxylic acids is 1. The number of halogens is 1. The summed E-state index contributed by atoms with van der Waals surface area (Å²) in [7, 11) is 0. The number of aromatic nitrogens is 3. The van der Waals surface area contributed by atoms with E-state index in [2.05, 4.69) is 15.4 Å². The van der Waals surface area contributed by atoms with Crippen molar-refractivity contribution in [2.75, 3.05) is 11.9 Å². The fraction of sp³-hybridized carbons (Fsp3) is 0.375. The molecular weight excluding hydrogens is 395 g/mol. The van der Waals surface area contributed by atoms with E-state index in [4.69, 9.17) is 4.74 Å². The van der Waals surface area contributed by atoms with Crippen LogP contribution in [-0.2, 0) is 4.79 Å². The highest BCUT2D eigenvalue weighted by Gasteiger charge is 2.18. The first-order chi connectivity index (χ1) is 15.1. The Balaban J connectivity index is 1.50. The first-order valence-corrected chi connectivity index (χ1v) is 10.9. The molecule has 4 rings (SSSR count). The molecule has 0 radical (unpaired) electrons. The van der Waals surface area contributed by atoms with Gasteiger partial charge in [0.25, 0.3) is 0 Å². The van der Waals surface area contributed by atoms with Crippen LogP contribution in [0.1, 0.15) is 45.4 Å². The van der Waals surface area contributed by atoms with Crippen LogP contribution in [0.4, 0.5) is 10.1 Å². The van der Waals surface area contributed by atoms with Crippen LogP contribution < -0.4 is 10.1 Å². The van der Waals surface area contributed by atoms with Crippen LogP contribution >= 0.6 is 0 Å². The standard InChI is InChI=1S/C24H27FN4O2/c1-2-31-24-27-23(20-9-5-6-10-21(20)25)29(28-24)19-14-12-18(13-15-19)26-22(30)16-11-17-7-3-4-8-17/h5-6,9-10,12-15,17H,2-4,7-8,11,16H2,1H3,(H,26,30). The van der Waals surface area contributed by atoms with Crippen LogP contribution in [-0.4, -0.2) is 27.3 Å². The minimum absolute atomic E-state index is 0.0334. The van der Waals surface area contributed by atoms with Gasteiger partial charge in [-0.2, -0.15) is 4.98 Å². The molecule has 1 aliphatic carbocycles. The van der Waals surface area contributed by atoms with Crippen LogP contribution in [0.2, 0.25) is 0 Å². The third kappa shape index (κ3) is 5.10. The van der Waals surface area contributed by atoms with E-state index in [1.165, 1.54) is 31.7 Å². The molecule has 0 bridgehead atoms. The SMILES string of the molecule is CCOc1nc(-c2ccccc2F)n(-c2ccc(NC(=O)CCC3CCCC3)cc2)n1. The summed E-state index contributed by atoms with van der Waals surface area (Å²) in [6, 6.07) is 13.9. The molecular formula is C24H27FN4O2. The highest BCUT2D eigenvalue weighted by Crippen LogP contribution is 2.29. The molecule has 1 aliphatic rings. The van der Waals surface area contributed by atoms with Gasteiger partial charge >= 0.3 is 6.01 Å². The maximum atomic E-state index is 14.4. The Kier molecular flexibility index (Phi) is 6.60. The molecule has 0 saturated heterocycles. The van der Waals surface area contributed by atoms with Gasteiger partial charge in [-0.15, -0.1) is 5.10 Å². The smallest absolute Gasteiger partial charge is 0.336 e. The molecule has 31 heavy (non-hydrogen) atoms. The average Bonchev–Trinajstić information content (AvgIpc) is 3.44. The molecule has 1 fully saturated rings. The minimum Gasteiger partial charge on any atom is -0.463 e. The van der Waals surface area contributed by atoms with Gasteiger partial charge in [0.1, 0.15) is 5.82 Å². The third-order valence-corrected chi connectivity index (χ3v) is 5.63. The Labute approximate surface area is 181 Å². The van der Waals surface area contributed by atoms with E-state index in [1.807, 2.05) is 31.2 Å². The van der Waals surface area contributed by atoms with Crippen molar-refractivity contribution in [3.63, 3.8) is 0 Å². The van der Waals surface area contributed by atoms with Crippen LogP contribution in [0.5, 0.6) is 6.01 Å². The number of nitrogens with zero attached hydrogens (tertiary/aromatic N) is 3. The normalized spacial score (nSPS) is 14.0. The molecule has 6 nitrogen and oxygen atoms in total. The number of rotatable bonds is 8. The summed E-state index contributed by atoms with van der Waals surface area (Å²) in [4.78, 5) is 16.6.